The van der Waals surface area contributed by atoms with Crippen LogP contribution in [0.3, 0.4) is 0 Å². The molecule has 0 fully saturated rings. The predicted octanol–water partition coefficient (Wildman–Crippen LogP) is 3.55. The summed E-state index contributed by atoms with van der Waals surface area (Å²) in [7, 11) is 0. The number of hydroxylamine groups is 1. The molecule has 1 rings (SSSR count). The van der Waals surface area contributed by atoms with Gasteiger partial charge in [-0.25, -0.2) is 10.3 Å². The van der Waals surface area contributed by atoms with Crippen molar-refractivity contribution in [3.05, 3.63) is 28.7 Å². The van der Waals surface area contributed by atoms with E-state index in [1.807, 2.05) is 12.1 Å². The molecule has 0 radical (unpaired) electrons. The van der Waals surface area contributed by atoms with Crippen molar-refractivity contribution in [3.63, 3.8) is 0 Å². The summed E-state index contributed by atoms with van der Waals surface area (Å²) in [5.74, 6) is 0.561. The first-order valence-corrected chi connectivity index (χ1v) is 6.31. The first-order chi connectivity index (χ1) is 8.08. The van der Waals surface area contributed by atoms with E-state index in [1.165, 1.54) is 0 Å². The highest BCUT2D eigenvalue weighted by Crippen LogP contribution is 2.13. The normalized spacial score (nSPS) is 10.4. The van der Waals surface area contributed by atoms with Crippen LogP contribution in [0.25, 0.3) is 0 Å². The second kappa shape index (κ2) is 7.29. The Labute approximate surface area is 110 Å². The molecule has 17 heavy (non-hydrogen) atoms. The number of amides is 2. The number of carbonyl (C=O) groups excluding carboxylic acids is 1. The van der Waals surface area contributed by atoms with Gasteiger partial charge in [-0.2, -0.15) is 0 Å². The number of hydrogen-bond donors (Lipinski definition) is 2. The number of carbonyl (C=O) groups is 1. The molecule has 0 bridgehead atoms. The van der Waals surface area contributed by atoms with Gasteiger partial charge >= 0.3 is 6.03 Å². The number of halogens is 1. The predicted molar refractivity (Wildman–Crippen MR) is 71.7 cm³/mol. The van der Waals surface area contributed by atoms with E-state index in [1.54, 1.807) is 12.1 Å². The van der Waals surface area contributed by atoms with Gasteiger partial charge in [0.05, 0.1) is 6.61 Å². The summed E-state index contributed by atoms with van der Waals surface area (Å²) in [6.07, 6.45) is 0.915. The Morgan fingerprint density at radius 3 is 2.59 bits per heavy atom. The fraction of sp³-hybridized carbons (Fsp3) is 0.417. The van der Waals surface area contributed by atoms with Crippen molar-refractivity contribution in [2.45, 2.75) is 20.3 Å². The van der Waals surface area contributed by atoms with Crippen molar-refractivity contribution in [2.75, 3.05) is 11.9 Å². The molecule has 5 heteroatoms. The molecule has 0 aromatic heterocycles. The third-order valence-electron chi connectivity index (χ3n) is 2.06. The maximum atomic E-state index is 11.4. The second-order valence-corrected chi connectivity index (χ2v) is 5.01. The van der Waals surface area contributed by atoms with Gasteiger partial charge in [-0.3, -0.25) is 4.84 Å². The monoisotopic (exact) mass is 300 g/mol. The highest BCUT2D eigenvalue weighted by molar-refractivity contribution is 9.10. The third kappa shape index (κ3) is 6.28. The Morgan fingerprint density at radius 2 is 2.00 bits per heavy atom. The van der Waals surface area contributed by atoms with Crippen LogP contribution in [0.4, 0.5) is 10.5 Å². The van der Waals surface area contributed by atoms with Crippen LogP contribution in [0, 0.1) is 5.92 Å². The third-order valence-corrected chi connectivity index (χ3v) is 2.59. The smallest absolute Gasteiger partial charge is 0.306 e. The van der Waals surface area contributed by atoms with Gasteiger partial charge in [0, 0.05) is 10.2 Å². The SMILES string of the molecule is CC(C)CCONC(=O)Nc1ccc(Br)cc1. The molecule has 94 valence electrons. The topological polar surface area (TPSA) is 50.4 Å². The molecular formula is C12H17BrN2O2. The van der Waals surface area contributed by atoms with Crippen molar-refractivity contribution in [1.29, 1.82) is 0 Å². The van der Waals surface area contributed by atoms with Gasteiger partial charge in [-0.1, -0.05) is 29.8 Å². The Hall–Kier alpha value is -1.07. The van der Waals surface area contributed by atoms with Crippen LogP contribution in [0.5, 0.6) is 0 Å². The molecule has 1 aromatic rings. The van der Waals surface area contributed by atoms with Crippen LogP contribution < -0.4 is 10.8 Å². The van der Waals surface area contributed by atoms with E-state index in [0.717, 1.165) is 16.6 Å². The Morgan fingerprint density at radius 1 is 1.35 bits per heavy atom. The molecule has 0 spiro atoms. The zero-order valence-electron chi connectivity index (χ0n) is 10.00. The van der Waals surface area contributed by atoms with E-state index in [0.29, 0.717) is 12.5 Å². The fourth-order valence-electron chi connectivity index (χ4n) is 1.10. The van der Waals surface area contributed by atoms with E-state index >= 15 is 0 Å². The minimum atomic E-state index is -0.365. The molecular weight excluding hydrogens is 284 g/mol. The molecule has 0 saturated carbocycles. The largest absolute Gasteiger partial charge is 0.343 e. The average Bonchev–Trinajstić information content (AvgIpc) is 2.27. The summed E-state index contributed by atoms with van der Waals surface area (Å²) in [4.78, 5) is 16.4. The summed E-state index contributed by atoms with van der Waals surface area (Å²) < 4.78 is 0.969. The van der Waals surface area contributed by atoms with E-state index in [2.05, 4.69) is 40.6 Å². The van der Waals surface area contributed by atoms with Crippen molar-refractivity contribution in [1.82, 2.24) is 5.48 Å². The Kier molecular flexibility index (Phi) is 6.00. The van der Waals surface area contributed by atoms with Gasteiger partial charge in [0.2, 0.25) is 0 Å². The lowest BCUT2D eigenvalue weighted by atomic mass is 10.1. The zero-order valence-corrected chi connectivity index (χ0v) is 11.6. The van der Waals surface area contributed by atoms with E-state index in [-0.39, 0.29) is 6.03 Å². The van der Waals surface area contributed by atoms with Gasteiger partial charge < -0.3 is 5.32 Å². The summed E-state index contributed by atoms with van der Waals surface area (Å²) in [6.45, 7) is 4.72. The lowest BCUT2D eigenvalue weighted by molar-refractivity contribution is 0.0589. The van der Waals surface area contributed by atoms with Crippen molar-refractivity contribution in [3.8, 4) is 0 Å². The quantitative estimate of drug-likeness (QED) is 0.645. The average molecular weight is 301 g/mol. The van der Waals surface area contributed by atoms with Gasteiger partial charge in [0.25, 0.3) is 0 Å². The van der Waals surface area contributed by atoms with Crippen molar-refractivity contribution >= 4 is 27.6 Å². The highest BCUT2D eigenvalue weighted by Gasteiger charge is 2.01. The van der Waals surface area contributed by atoms with E-state index < -0.39 is 0 Å². The first-order valence-electron chi connectivity index (χ1n) is 5.52. The number of anilines is 1. The van der Waals surface area contributed by atoms with Crippen LogP contribution in [-0.2, 0) is 4.84 Å². The summed E-state index contributed by atoms with van der Waals surface area (Å²) in [6, 6.07) is 6.95. The van der Waals surface area contributed by atoms with Crippen LogP contribution >= 0.6 is 15.9 Å². The zero-order chi connectivity index (χ0) is 12.7. The number of urea groups is 1. The summed E-state index contributed by atoms with van der Waals surface area (Å²) in [5.41, 5.74) is 3.06. The van der Waals surface area contributed by atoms with Crippen LogP contribution in [0.1, 0.15) is 20.3 Å². The Bertz CT molecular complexity index is 352. The number of rotatable bonds is 5. The van der Waals surface area contributed by atoms with Gasteiger partial charge in [-0.05, 0) is 36.6 Å². The fourth-order valence-corrected chi connectivity index (χ4v) is 1.37. The molecule has 2 amide bonds. The maximum Gasteiger partial charge on any atom is 0.343 e. The first kappa shape index (κ1) is 14.0. The Balaban J connectivity index is 2.23. The minimum absolute atomic E-state index is 0.365. The second-order valence-electron chi connectivity index (χ2n) is 4.09. The van der Waals surface area contributed by atoms with Crippen LogP contribution in [0.2, 0.25) is 0 Å². The van der Waals surface area contributed by atoms with Crippen LogP contribution in [0.15, 0.2) is 28.7 Å². The minimum Gasteiger partial charge on any atom is -0.306 e. The molecule has 0 unspecified atom stereocenters. The van der Waals surface area contributed by atoms with Gasteiger partial charge in [-0.15, -0.1) is 0 Å². The lowest BCUT2D eigenvalue weighted by Gasteiger charge is -2.08. The molecule has 0 heterocycles. The molecule has 0 aliphatic heterocycles. The van der Waals surface area contributed by atoms with E-state index in [9.17, 15) is 4.79 Å². The maximum absolute atomic E-state index is 11.4. The van der Waals surface area contributed by atoms with Crippen LogP contribution in [-0.4, -0.2) is 12.6 Å². The summed E-state index contributed by atoms with van der Waals surface area (Å²) >= 11 is 3.32. The molecule has 1 aromatic carbocycles. The number of benzene rings is 1. The molecule has 0 aliphatic rings. The lowest BCUT2D eigenvalue weighted by Crippen LogP contribution is -2.29. The van der Waals surface area contributed by atoms with Gasteiger partial charge in [0.15, 0.2) is 0 Å². The van der Waals surface area contributed by atoms with E-state index in [4.69, 9.17) is 4.84 Å². The molecule has 0 aliphatic carbocycles. The summed E-state index contributed by atoms with van der Waals surface area (Å²) in [5, 5.41) is 2.66. The van der Waals surface area contributed by atoms with Crippen molar-refractivity contribution in [2.24, 2.45) is 5.92 Å². The highest BCUT2D eigenvalue weighted by atomic mass is 79.9. The standard InChI is InChI=1S/C12H17BrN2O2/c1-9(2)7-8-17-15-12(16)14-11-5-3-10(13)4-6-11/h3-6,9H,7-8H2,1-2H3,(H2,14,15,16). The number of hydrogen-bond acceptors (Lipinski definition) is 2. The van der Waals surface area contributed by atoms with Crippen molar-refractivity contribution < 1.29 is 9.63 Å². The number of nitrogens with one attached hydrogen (secondary N) is 2. The molecule has 0 saturated heterocycles. The molecule has 2 N–H and O–H groups in total. The molecule has 0 atom stereocenters. The molecule has 4 nitrogen and oxygen atoms in total. The van der Waals surface area contributed by atoms with Gasteiger partial charge in [0.1, 0.15) is 0 Å².